The van der Waals surface area contributed by atoms with Crippen LogP contribution in [0.2, 0.25) is 0 Å². The van der Waals surface area contributed by atoms with Crippen molar-refractivity contribution in [3.63, 3.8) is 0 Å². The van der Waals surface area contributed by atoms with E-state index >= 15 is 0 Å². The number of methoxy groups -OCH3 is 1. The van der Waals surface area contributed by atoms with Crippen molar-refractivity contribution in [2.24, 2.45) is 0 Å². The van der Waals surface area contributed by atoms with E-state index in [2.05, 4.69) is 0 Å². The lowest BCUT2D eigenvalue weighted by atomic mass is 9.99. The molecule has 3 aromatic rings. The van der Waals surface area contributed by atoms with Crippen LogP contribution in [-0.4, -0.2) is 133 Å². The summed E-state index contributed by atoms with van der Waals surface area (Å²) in [6.45, 7) is -1.50. The molecule has 5 rings (SSSR count). The van der Waals surface area contributed by atoms with Crippen molar-refractivity contribution in [2.45, 2.75) is 61.4 Å². The van der Waals surface area contributed by atoms with Crippen LogP contribution in [0.5, 0.6) is 28.7 Å². The summed E-state index contributed by atoms with van der Waals surface area (Å²) in [6.07, 6.45) is -16.8. The number of benzene rings is 2. The van der Waals surface area contributed by atoms with E-state index in [-0.39, 0.29) is 34.2 Å². The van der Waals surface area contributed by atoms with Crippen LogP contribution in [0.4, 0.5) is 0 Å². The molecule has 2 aliphatic rings. The van der Waals surface area contributed by atoms with E-state index in [9.17, 15) is 55.9 Å². The van der Waals surface area contributed by atoms with Gasteiger partial charge in [-0.1, -0.05) is 0 Å². The molecule has 2 aliphatic heterocycles. The van der Waals surface area contributed by atoms with Gasteiger partial charge < -0.3 is 79.2 Å². The molecule has 0 amide bonds. The van der Waals surface area contributed by atoms with E-state index in [1.165, 1.54) is 25.3 Å². The molecule has 17 nitrogen and oxygen atoms in total. The summed E-state index contributed by atoms with van der Waals surface area (Å²) in [5, 5.41) is 101. The maximum atomic E-state index is 13.8. The third-order valence-corrected chi connectivity index (χ3v) is 7.53. The minimum Gasteiger partial charge on any atom is -0.507 e. The first-order valence-corrected chi connectivity index (χ1v) is 13.6. The van der Waals surface area contributed by atoms with Gasteiger partial charge in [0, 0.05) is 17.7 Å². The van der Waals surface area contributed by atoms with Crippen LogP contribution in [0.1, 0.15) is 0 Å². The molecule has 1 aromatic heterocycles. The van der Waals surface area contributed by atoms with Crippen molar-refractivity contribution in [3.8, 4) is 40.1 Å². The van der Waals surface area contributed by atoms with E-state index in [4.69, 9.17) is 28.1 Å². The predicted octanol–water partition coefficient (Wildman–Crippen LogP) is -2.76. The third kappa shape index (κ3) is 5.98. The van der Waals surface area contributed by atoms with E-state index < -0.39 is 96.9 Å². The molecule has 3 heterocycles. The molecule has 2 saturated heterocycles. The number of aromatic hydroxyl groups is 2. The largest absolute Gasteiger partial charge is 0.507 e. The lowest BCUT2D eigenvalue weighted by molar-refractivity contribution is -0.277. The van der Waals surface area contributed by atoms with Crippen LogP contribution in [0, 0.1) is 0 Å². The number of hydrogen-bond donors (Lipinski definition) is 10. The predicted molar refractivity (Wildman–Crippen MR) is 147 cm³/mol. The van der Waals surface area contributed by atoms with E-state index in [1.807, 2.05) is 0 Å². The molecular weight excluding hydrogens is 608 g/mol. The molecule has 10 N–H and O–H groups in total. The molecule has 17 heteroatoms. The Balaban J connectivity index is 1.61. The first-order chi connectivity index (χ1) is 21.4. The zero-order valence-electron chi connectivity index (χ0n) is 23.4. The average molecular weight is 641 g/mol. The number of fused-ring (bicyclic) bond motifs is 1. The smallest absolute Gasteiger partial charge is 0.239 e. The second-order valence-electron chi connectivity index (χ2n) is 10.4. The van der Waals surface area contributed by atoms with Gasteiger partial charge in [0.1, 0.15) is 71.3 Å². The van der Waals surface area contributed by atoms with E-state index in [0.717, 1.165) is 12.1 Å². The molecule has 2 aromatic carbocycles. The van der Waals surface area contributed by atoms with Gasteiger partial charge in [-0.3, -0.25) is 4.79 Å². The fourth-order valence-electron chi connectivity index (χ4n) is 5.02. The van der Waals surface area contributed by atoms with Crippen LogP contribution in [0.3, 0.4) is 0 Å². The van der Waals surface area contributed by atoms with Gasteiger partial charge in [0.05, 0.1) is 20.3 Å². The van der Waals surface area contributed by atoms with Crippen molar-refractivity contribution in [2.75, 3.05) is 20.3 Å². The van der Waals surface area contributed by atoms with Gasteiger partial charge in [0.15, 0.2) is 17.3 Å². The molecule has 246 valence electrons. The number of phenolic OH excluding ortho intramolecular Hbond substituents is 2. The number of rotatable bonds is 8. The van der Waals surface area contributed by atoms with Gasteiger partial charge in [-0.15, -0.1) is 0 Å². The number of ether oxygens (including phenoxy) is 5. The normalized spacial score (nSPS) is 31.9. The molecule has 0 bridgehead atoms. The average Bonchev–Trinajstić information content (AvgIpc) is 3.02. The zero-order valence-corrected chi connectivity index (χ0v) is 23.4. The lowest BCUT2D eigenvalue weighted by Gasteiger charge is -2.39. The Morgan fingerprint density at radius 3 is 1.87 bits per heavy atom. The monoisotopic (exact) mass is 640 g/mol. The van der Waals surface area contributed by atoms with E-state index in [0.29, 0.717) is 0 Å². The zero-order chi connectivity index (χ0) is 32.7. The lowest BCUT2D eigenvalue weighted by Crippen LogP contribution is -2.60. The Kier molecular flexibility index (Phi) is 9.38. The molecule has 0 radical (unpaired) electrons. The summed E-state index contributed by atoms with van der Waals surface area (Å²) < 4.78 is 33.1. The van der Waals surface area contributed by atoms with Gasteiger partial charge >= 0.3 is 0 Å². The summed E-state index contributed by atoms with van der Waals surface area (Å²) in [5.41, 5.74) is -1.27. The van der Waals surface area contributed by atoms with Gasteiger partial charge in [-0.2, -0.15) is 0 Å². The van der Waals surface area contributed by atoms with Gasteiger partial charge in [-0.25, -0.2) is 0 Å². The van der Waals surface area contributed by atoms with Gasteiger partial charge in [-0.05, 0) is 18.2 Å². The fourth-order valence-corrected chi connectivity index (χ4v) is 5.02. The first-order valence-electron chi connectivity index (χ1n) is 13.6. The second kappa shape index (κ2) is 12.9. The Morgan fingerprint density at radius 2 is 1.31 bits per heavy atom. The maximum absolute atomic E-state index is 13.8. The molecule has 10 unspecified atom stereocenters. The molecule has 0 saturated carbocycles. The maximum Gasteiger partial charge on any atom is 0.239 e. The van der Waals surface area contributed by atoms with Gasteiger partial charge in [0.25, 0.3) is 0 Å². The van der Waals surface area contributed by atoms with Crippen molar-refractivity contribution in [1.82, 2.24) is 0 Å². The Hall–Kier alpha value is -3.75. The standard InChI is InChI=1S/C28H32O17/c1-40-13-4-9(2-3-11(13)31)25-26(45-28-24(39)22(37)19(34)16(8-30)44-28)20(35)17-12(32)5-10(6-14(17)42-25)41-27-23(38)21(36)18(33)15(7-29)43-27/h2-6,15-16,18-19,21-24,27-34,36-39H,7-8H2,1H3. The molecular formula is C28H32O17. The molecule has 10 atom stereocenters. The molecule has 45 heavy (non-hydrogen) atoms. The van der Waals surface area contributed by atoms with Crippen molar-refractivity contribution >= 4 is 11.0 Å². The minimum atomic E-state index is -1.91. The molecule has 0 aliphatic carbocycles. The number of aliphatic hydroxyl groups excluding tert-OH is 8. The number of phenols is 2. The number of hydrogen-bond acceptors (Lipinski definition) is 17. The third-order valence-electron chi connectivity index (χ3n) is 7.53. The highest BCUT2D eigenvalue weighted by atomic mass is 16.7. The SMILES string of the molecule is COc1cc(-c2oc3cc(OC4OC(CO)C(O)C(O)C4O)cc(O)c3c(=O)c2OC2OC(CO)C(O)C(O)C2O)ccc1O. The van der Waals surface area contributed by atoms with Gasteiger partial charge in [0.2, 0.25) is 23.8 Å². The Morgan fingerprint density at radius 1 is 0.733 bits per heavy atom. The highest BCUT2D eigenvalue weighted by Crippen LogP contribution is 2.40. The van der Waals surface area contributed by atoms with Crippen LogP contribution in [0.25, 0.3) is 22.3 Å². The fraction of sp³-hybridized carbons (Fsp3) is 0.464. The van der Waals surface area contributed by atoms with Crippen LogP contribution < -0.4 is 19.6 Å². The number of aliphatic hydroxyl groups is 8. The van der Waals surface area contributed by atoms with E-state index in [1.54, 1.807) is 0 Å². The highest BCUT2D eigenvalue weighted by Gasteiger charge is 2.46. The second-order valence-corrected chi connectivity index (χ2v) is 10.4. The quantitative estimate of drug-likeness (QED) is 0.119. The topological polar surface area (TPSA) is 279 Å². The van der Waals surface area contributed by atoms with Crippen LogP contribution in [0.15, 0.2) is 39.5 Å². The summed E-state index contributed by atoms with van der Waals surface area (Å²) in [6, 6.07) is 5.87. The highest BCUT2D eigenvalue weighted by molar-refractivity contribution is 5.88. The van der Waals surface area contributed by atoms with Crippen molar-refractivity contribution in [3.05, 3.63) is 40.6 Å². The molecule has 0 spiro atoms. The Labute approximate surface area is 252 Å². The first kappa shape index (κ1) is 32.6. The molecule has 2 fully saturated rings. The van der Waals surface area contributed by atoms with Crippen molar-refractivity contribution in [1.29, 1.82) is 0 Å². The summed E-state index contributed by atoms with van der Waals surface area (Å²) >= 11 is 0. The van der Waals surface area contributed by atoms with Crippen LogP contribution in [-0.2, 0) is 9.47 Å². The van der Waals surface area contributed by atoms with Crippen LogP contribution >= 0.6 is 0 Å². The van der Waals surface area contributed by atoms with Crippen molar-refractivity contribution < 1.29 is 79.2 Å². The summed E-state index contributed by atoms with van der Waals surface area (Å²) in [7, 11) is 1.27. The minimum absolute atomic E-state index is 0.0448. The summed E-state index contributed by atoms with van der Waals surface area (Å²) in [5.74, 6) is -2.30. The Bertz CT molecular complexity index is 1570. The summed E-state index contributed by atoms with van der Waals surface area (Å²) in [4.78, 5) is 13.8.